The molecule has 144 valence electrons. The molecule has 0 spiro atoms. The average molecular weight is 391 g/mol. The third-order valence-corrected chi connectivity index (χ3v) is 4.76. The molecule has 2 aromatic rings. The quantitative estimate of drug-likeness (QED) is 0.748. The first kappa shape index (κ1) is 19.5. The van der Waals surface area contributed by atoms with Gasteiger partial charge in [0.2, 0.25) is 0 Å². The van der Waals surface area contributed by atoms with Gasteiger partial charge in [-0.2, -0.15) is 0 Å². The Morgan fingerprint density at radius 2 is 2.07 bits per heavy atom. The van der Waals surface area contributed by atoms with Crippen molar-refractivity contribution in [3.63, 3.8) is 0 Å². The summed E-state index contributed by atoms with van der Waals surface area (Å²) in [5.74, 6) is 0.473. The fraction of sp³-hybridized carbons (Fsp3) is 0.381. The van der Waals surface area contributed by atoms with E-state index in [0.717, 1.165) is 5.56 Å². The lowest BCUT2D eigenvalue weighted by Crippen LogP contribution is -2.39. The monoisotopic (exact) mass is 390 g/mol. The Labute approximate surface area is 163 Å². The standard InChI is InChI=1S/C21H23ClO5/c1-3-25-20(23)12-21(24)11-14(2)27-18-10-19(17(22)9-16(18)21)26-13-15-7-5-4-6-8-15/h4-10,14,24H,3,11-13H2,1-2H3/t14-,21-/m1/s1. The van der Waals surface area contributed by atoms with Crippen LogP contribution in [0.2, 0.25) is 5.02 Å². The van der Waals surface area contributed by atoms with Crippen molar-refractivity contribution in [1.29, 1.82) is 0 Å². The maximum absolute atomic E-state index is 12.0. The van der Waals surface area contributed by atoms with E-state index in [1.807, 2.05) is 37.3 Å². The summed E-state index contributed by atoms with van der Waals surface area (Å²) in [7, 11) is 0. The number of benzene rings is 2. The van der Waals surface area contributed by atoms with E-state index in [9.17, 15) is 9.90 Å². The highest BCUT2D eigenvalue weighted by molar-refractivity contribution is 6.32. The van der Waals surface area contributed by atoms with E-state index in [2.05, 4.69) is 0 Å². The molecule has 0 saturated carbocycles. The summed E-state index contributed by atoms with van der Waals surface area (Å²) in [6.07, 6.45) is -0.137. The molecule has 1 N–H and O–H groups in total. The number of rotatable bonds is 6. The Bertz CT molecular complexity index is 808. The SMILES string of the molecule is CCOC(=O)C[C@]1(O)C[C@@H](C)Oc2cc(OCc3ccccc3)c(Cl)cc21. The molecule has 1 heterocycles. The van der Waals surface area contributed by atoms with E-state index in [-0.39, 0.29) is 25.6 Å². The minimum Gasteiger partial charge on any atom is -0.490 e. The maximum Gasteiger partial charge on any atom is 0.309 e. The van der Waals surface area contributed by atoms with Crippen LogP contribution < -0.4 is 9.47 Å². The summed E-state index contributed by atoms with van der Waals surface area (Å²) < 4.78 is 16.7. The summed E-state index contributed by atoms with van der Waals surface area (Å²) in [5, 5.41) is 11.5. The molecule has 3 rings (SSSR count). The first-order chi connectivity index (χ1) is 12.9. The summed E-state index contributed by atoms with van der Waals surface area (Å²) in [5.41, 5.74) is 0.103. The maximum atomic E-state index is 12.0. The molecule has 0 unspecified atom stereocenters. The Morgan fingerprint density at radius 1 is 1.33 bits per heavy atom. The molecule has 0 fully saturated rings. The number of carbonyl (C=O) groups is 1. The predicted octanol–water partition coefficient (Wildman–Crippen LogP) is 4.23. The zero-order valence-corrected chi connectivity index (χ0v) is 16.2. The van der Waals surface area contributed by atoms with Gasteiger partial charge in [0.1, 0.15) is 23.7 Å². The second-order valence-electron chi connectivity index (χ2n) is 6.70. The van der Waals surface area contributed by atoms with Crippen molar-refractivity contribution in [1.82, 2.24) is 0 Å². The Hall–Kier alpha value is -2.24. The van der Waals surface area contributed by atoms with Crippen LogP contribution in [0.3, 0.4) is 0 Å². The lowest BCUT2D eigenvalue weighted by Gasteiger charge is -2.37. The highest BCUT2D eigenvalue weighted by Crippen LogP contribution is 2.46. The van der Waals surface area contributed by atoms with Crippen LogP contribution in [0.1, 0.15) is 37.8 Å². The molecule has 27 heavy (non-hydrogen) atoms. The number of hydrogen-bond acceptors (Lipinski definition) is 5. The fourth-order valence-corrected chi connectivity index (χ4v) is 3.52. The molecule has 2 aromatic carbocycles. The number of fused-ring (bicyclic) bond motifs is 1. The van der Waals surface area contributed by atoms with E-state index in [1.165, 1.54) is 0 Å². The van der Waals surface area contributed by atoms with Gasteiger partial charge in [-0.25, -0.2) is 0 Å². The van der Waals surface area contributed by atoms with Gasteiger partial charge in [0, 0.05) is 18.1 Å². The number of carbonyl (C=O) groups excluding carboxylic acids is 1. The minimum absolute atomic E-state index is 0.151. The second-order valence-corrected chi connectivity index (χ2v) is 7.11. The van der Waals surface area contributed by atoms with Gasteiger partial charge >= 0.3 is 5.97 Å². The van der Waals surface area contributed by atoms with E-state index in [0.29, 0.717) is 28.7 Å². The van der Waals surface area contributed by atoms with Gasteiger partial charge in [-0.3, -0.25) is 4.79 Å². The number of aliphatic hydroxyl groups is 1. The highest BCUT2D eigenvalue weighted by Gasteiger charge is 2.41. The van der Waals surface area contributed by atoms with Crippen LogP contribution in [-0.4, -0.2) is 23.8 Å². The lowest BCUT2D eigenvalue weighted by atomic mass is 9.83. The molecule has 0 aromatic heterocycles. The molecular formula is C21H23ClO5. The van der Waals surface area contributed by atoms with Crippen LogP contribution in [-0.2, 0) is 21.7 Å². The molecule has 0 amide bonds. The van der Waals surface area contributed by atoms with Crippen molar-refractivity contribution >= 4 is 17.6 Å². The molecule has 2 atom stereocenters. The van der Waals surface area contributed by atoms with Crippen LogP contribution in [0.5, 0.6) is 11.5 Å². The van der Waals surface area contributed by atoms with Gasteiger partial charge in [-0.1, -0.05) is 41.9 Å². The normalized spacial score (nSPS) is 21.1. The molecule has 5 nitrogen and oxygen atoms in total. The fourth-order valence-electron chi connectivity index (χ4n) is 3.30. The first-order valence-corrected chi connectivity index (χ1v) is 9.34. The van der Waals surface area contributed by atoms with Crippen molar-refractivity contribution in [2.45, 2.75) is 45.0 Å². The molecule has 0 radical (unpaired) electrons. The van der Waals surface area contributed by atoms with E-state index < -0.39 is 11.6 Å². The topological polar surface area (TPSA) is 65.0 Å². The third-order valence-electron chi connectivity index (χ3n) is 4.47. The number of ether oxygens (including phenoxy) is 3. The van der Waals surface area contributed by atoms with Crippen LogP contribution in [0, 0.1) is 0 Å². The number of halogens is 1. The van der Waals surface area contributed by atoms with Crippen LogP contribution >= 0.6 is 11.6 Å². The molecule has 6 heteroatoms. The van der Waals surface area contributed by atoms with Gasteiger partial charge in [0.15, 0.2) is 0 Å². The second kappa shape index (κ2) is 8.19. The van der Waals surface area contributed by atoms with E-state index in [4.69, 9.17) is 25.8 Å². The first-order valence-electron chi connectivity index (χ1n) is 8.96. The summed E-state index contributed by atoms with van der Waals surface area (Å²) in [4.78, 5) is 12.0. The van der Waals surface area contributed by atoms with E-state index >= 15 is 0 Å². The molecule has 1 aliphatic rings. The summed E-state index contributed by atoms with van der Waals surface area (Å²) >= 11 is 6.38. The summed E-state index contributed by atoms with van der Waals surface area (Å²) in [6, 6.07) is 13.0. The Balaban J connectivity index is 1.86. The van der Waals surface area contributed by atoms with Gasteiger partial charge in [0.05, 0.1) is 24.2 Å². The smallest absolute Gasteiger partial charge is 0.309 e. The minimum atomic E-state index is -1.39. The average Bonchev–Trinajstić information content (AvgIpc) is 2.61. The molecule has 0 bridgehead atoms. The summed E-state index contributed by atoms with van der Waals surface area (Å²) in [6.45, 7) is 4.21. The van der Waals surface area contributed by atoms with Gasteiger partial charge in [-0.15, -0.1) is 0 Å². The molecule has 0 saturated heterocycles. The zero-order chi connectivity index (χ0) is 19.4. The van der Waals surface area contributed by atoms with Crippen LogP contribution in [0.15, 0.2) is 42.5 Å². The highest BCUT2D eigenvalue weighted by atomic mass is 35.5. The predicted molar refractivity (Wildman–Crippen MR) is 102 cm³/mol. The largest absolute Gasteiger partial charge is 0.490 e. The number of esters is 1. The van der Waals surface area contributed by atoms with Crippen LogP contribution in [0.25, 0.3) is 0 Å². The van der Waals surface area contributed by atoms with Crippen molar-refractivity contribution < 1.29 is 24.1 Å². The van der Waals surface area contributed by atoms with Gasteiger partial charge in [0.25, 0.3) is 0 Å². The van der Waals surface area contributed by atoms with Crippen molar-refractivity contribution in [2.24, 2.45) is 0 Å². The third kappa shape index (κ3) is 4.54. The zero-order valence-electron chi connectivity index (χ0n) is 15.4. The number of hydrogen-bond donors (Lipinski definition) is 1. The van der Waals surface area contributed by atoms with Crippen molar-refractivity contribution in [2.75, 3.05) is 6.61 Å². The van der Waals surface area contributed by atoms with Crippen LogP contribution in [0.4, 0.5) is 0 Å². The van der Waals surface area contributed by atoms with Gasteiger partial charge in [-0.05, 0) is 25.5 Å². The van der Waals surface area contributed by atoms with E-state index in [1.54, 1.807) is 19.1 Å². The Kier molecular flexibility index (Phi) is 5.92. The van der Waals surface area contributed by atoms with Crippen molar-refractivity contribution in [3.8, 4) is 11.5 Å². The molecular weight excluding hydrogens is 368 g/mol. The lowest BCUT2D eigenvalue weighted by molar-refractivity contribution is -0.151. The van der Waals surface area contributed by atoms with Crippen molar-refractivity contribution in [3.05, 3.63) is 58.6 Å². The van der Waals surface area contributed by atoms with Gasteiger partial charge < -0.3 is 19.3 Å². The Morgan fingerprint density at radius 3 is 2.78 bits per heavy atom. The molecule has 1 aliphatic heterocycles. The molecule has 0 aliphatic carbocycles.